The highest BCUT2D eigenvalue weighted by molar-refractivity contribution is 7.40. The van der Waals surface area contributed by atoms with E-state index >= 15 is 0 Å². The molecule has 0 N–H and O–H groups in total. The minimum absolute atomic E-state index is 0.00371. The highest BCUT2D eigenvalue weighted by Crippen LogP contribution is 2.41. The summed E-state index contributed by atoms with van der Waals surface area (Å²) < 4.78 is 39.1. The predicted octanol–water partition coefficient (Wildman–Crippen LogP) is 3.17. The molecule has 0 aliphatic heterocycles. The molecule has 0 aromatic rings. The van der Waals surface area contributed by atoms with Crippen molar-refractivity contribution in [3.63, 3.8) is 0 Å². The van der Waals surface area contributed by atoms with E-state index < -0.39 is 20.5 Å². The second-order valence-corrected chi connectivity index (χ2v) is 4.38. The molecular weight excluding hydrogens is 249 g/mol. The van der Waals surface area contributed by atoms with Crippen LogP contribution in [-0.2, 0) is 14.0 Å². The molecule has 0 amide bonds. The molecule has 0 bridgehead atoms. The van der Waals surface area contributed by atoms with Crippen molar-refractivity contribution < 1.29 is 22.4 Å². The summed E-state index contributed by atoms with van der Waals surface area (Å²) in [4.78, 5) is 0. The lowest BCUT2D eigenvalue weighted by atomic mass is 10.1. The maximum absolute atomic E-state index is 12.2. The molecule has 17 heavy (non-hydrogen) atoms. The first-order valence-electron chi connectivity index (χ1n) is 4.98. The van der Waals surface area contributed by atoms with Crippen LogP contribution < -0.4 is 0 Å². The van der Waals surface area contributed by atoms with Crippen molar-refractivity contribution in [2.75, 3.05) is 19.8 Å². The standard InChI is InChI=1S/C11H17F2O3P/c1-5-7-14-8-10(16-17(12)13)9-15-11(3,4)6-2/h1,6,10H,2,7-9H2,3-4H3. The first-order valence-corrected chi connectivity index (χ1v) is 6.02. The number of hydrogen-bond acceptors (Lipinski definition) is 3. The van der Waals surface area contributed by atoms with Crippen LogP contribution in [0.5, 0.6) is 0 Å². The van der Waals surface area contributed by atoms with Gasteiger partial charge >= 0.3 is 8.77 Å². The third-order valence-electron chi connectivity index (χ3n) is 1.85. The Hall–Kier alpha value is -0.530. The van der Waals surface area contributed by atoms with Gasteiger partial charge in [-0.05, 0) is 13.8 Å². The van der Waals surface area contributed by atoms with Gasteiger partial charge in [-0.25, -0.2) is 0 Å². The van der Waals surface area contributed by atoms with Crippen LogP contribution in [0, 0.1) is 12.3 Å². The molecule has 0 heterocycles. The minimum atomic E-state index is -3.45. The number of terminal acetylenes is 1. The Labute approximate surface area is 102 Å². The zero-order chi connectivity index (χ0) is 13.3. The van der Waals surface area contributed by atoms with Crippen molar-refractivity contribution in [1.82, 2.24) is 0 Å². The molecule has 0 aromatic carbocycles. The topological polar surface area (TPSA) is 27.7 Å². The van der Waals surface area contributed by atoms with Gasteiger partial charge in [0.2, 0.25) is 0 Å². The van der Waals surface area contributed by atoms with E-state index in [1.54, 1.807) is 19.9 Å². The quantitative estimate of drug-likeness (QED) is 0.278. The molecule has 0 spiro atoms. The Bertz CT molecular complexity index is 264. The van der Waals surface area contributed by atoms with Crippen LogP contribution in [0.3, 0.4) is 0 Å². The first kappa shape index (κ1) is 16.5. The molecule has 6 heteroatoms. The third-order valence-corrected chi connectivity index (χ3v) is 2.31. The Morgan fingerprint density at radius 1 is 1.47 bits per heavy atom. The van der Waals surface area contributed by atoms with E-state index in [1.165, 1.54) is 0 Å². The third kappa shape index (κ3) is 9.20. The van der Waals surface area contributed by atoms with Crippen molar-refractivity contribution in [1.29, 1.82) is 0 Å². The molecule has 3 nitrogen and oxygen atoms in total. The molecule has 0 saturated carbocycles. The number of halogens is 2. The van der Waals surface area contributed by atoms with Crippen molar-refractivity contribution in [2.45, 2.75) is 25.6 Å². The van der Waals surface area contributed by atoms with Crippen LogP contribution in [0.25, 0.3) is 0 Å². The molecular formula is C11H17F2O3P. The zero-order valence-electron chi connectivity index (χ0n) is 9.99. The van der Waals surface area contributed by atoms with E-state index in [0.29, 0.717) is 0 Å². The summed E-state index contributed by atoms with van der Waals surface area (Å²) >= 11 is 0. The smallest absolute Gasteiger partial charge is 0.369 e. The van der Waals surface area contributed by atoms with Crippen molar-refractivity contribution in [3.8, 4) is 12.3 Å². The molecule has 0 rings (SSSR count). The van der Waals surface area contributed by atoms with Gasteiger partial charge in [0.05, 0.1) is 18.8 Å². The Morgan fingerprint density at radius 2 is 2.12 bits per heavy atom. The number of rotatable bonds is 9. The van der Waals surface area contributed by atoms with Gasteiger partial charge in [-0.15, -0.1) is 13.0 Å². The second-order valence-electron chi connectivity index (χ2n) is 3.77. The van der Waals surface area contributed by atoms with E-state index in [9.17, 15) is 8.39 Å². The average Bonchev–Trinajstić information content (AvgIpc) is 2.25. The summed E-state index contributed by atoms with van der Waals surface area (Å²) in [7, 11) is -3.45. The minimum Gasteiger partial charge on any atom is -0.369 e. The van der Waals surface area contributed by atoms with Crippen LogP contribution in [0.2, 0.25) is 0 Å². The second kappa shape index (κ2) is 8.54. The van der Waals surface area contributed by atoms with Crippen molar-refractivity contribution in [2.24, 2.45) is 0 Å². The zero-order valence-corrected chi connectivity index (χ0v) is 10.9. The maximum atomic E-state index is 12.2. The maximum Gasteiger partial charge on any atom is 0.415 e. The highest BCUT2D eigenvalue weighted by atomic mass is 31.2. The lowest BCUT2D eigenvalue weighted by Gasteiger charge is -2.24. The monoisotopic (exact) mass is 266 g/mol. The Balaban J connectivity index is 4.10. The summed E-state index contributed by atoms with van der Waals surface area (Å²) in [6.45, 7) is 7.15. The molecule has 0 radical (unpaired) electrons. The van der Waals surface area contributed by atoms with Gasteiger partial charge in [0, 0.05) is 0 Å². The van der Waals surface area contributed by atoms with Crippen LogP contribution in [0.15, 0.2) is 12.7 Å². The molecule has 0 aliphatic rings. The lowest BCUT2D eigenvalue weighted by Crippen LogP contribution is -2.30. The van der Waals surface area contributed by atoms with Gasteiger partial charge in [-0.3, -0.25) is 4.52 Å². The number of ether oxygens (including phenoxy) is 2. The van der Waals surface area contributed by atoms with Gasteiger partial charge in [0.1, 0.15) is 12.7 Å². The highest BCUT2D eigenvalue weighted by Gasteiger charge is 2.21. The fourth-order valence-corrected chi connectivity index (χ4v) is 1.18. The Morgan fingerprint density at radius 3 is 2.59 bits per heavy atom. The van der Waals surface area contributed by atoms with E-state index in [4.69, 9.17) is 15.9 Å². The summed E-state index contributed by atoms with van der Waals surface area (Å²) in [5.41, 5.74) is -0.594. The summed E-state index contributed by atoms with van der Waals surface area (Å²) in [5, 5.41) is 0. The summed E-state index contributed by atoms with van der Waals surface area (Å²) in [6, 6.07) is 0. The van der Waals surface area contributed by atoms with E-state index in [2.05, 4.69) is 17.0 Å². The lowest BCUT2D eigenvalue weighted by molar-refractivity contribution is -0.0476. The van der Waals surface area contributed by atoms with Gasteiger partial charge < -0.3 is 9.47 Å². The largest absolute Gasteiger partial charge is 0.415 e. The van der Waals surface area contributed by atoms with Crippen LogP contribution in [-0.4, -0.2) is 31.5 Å². The normalized spacial score (nSPS) is 13.4. The number of hydrogen-bond donors (Lipinski definition) is 0. The molecule has 0 aliphatic carbocycles. The van der Waals surface area contributed by atoms with Crippen molar-refractivity contribution >= 4 is 8.77 Å². The molecule has 0 saturated heterocycles. The van der Waals surface area contributed by atoms with Crippen molar-refractivity contribution in [3.05, 3.63) is 12.7 Å². The van der Waals surface area contributed by atoms with Crippen LogP contribution >= 0.6 is 8.77 Å². The Kier molecular flexibility index (Phi) is 8.28. The molecule has 1 atom stereocenters. The van der Waals surface area contributed by atoms with E-state index in [1.807, 2.05) is 0 Å². The molecule has 1 unspecified atom stereocenters. The first-order chi connectivity index (χ1) is 7.91. The fourth-order valence-electron chi connectivity index (χ4n) is 0.838. The van der Waals surface area contributed by atoms with Crippen LogP contribution in [0.1, 0.15) is 13.8 Å². The average molecular weight is 266 g/mol. The van der Waals surface area contributed by atoms with E-state index in [0.717, 1.165) is 0 Å². The summed E-state index contributed by atoms with van der Waals surface area (Å²) in [5.74, 6) is 2.24. The molecule has 0 fully saturated rings. The van der Waals surface area contributed by atoms with Crippen LogP contribution in [0.4, 0.5) is 8.39 Å². The van der Waals surface area contributed by atoms with Gasteiger partial charge in [-0.1, -0.05) is 12.0 Å². The SMILES string of the molecule is C#CCOCC(COC(C)(C)C=C)OP(F)F. The predicted molar refractivity (Wildman–Crippen MR) is 63.9 cm³/mol. The van der Waals surface area contributed by atoms with Gasteiger partial charge in [0.15, 0.2) is 0 Å². The molecule has 98 valence electrons. The molecule has 0 aromatic heterocycles. The van der Waals surface area contributed by atoms with E-state index in [-0.39, 0.29) is 19.8 Å². The van der Waals surface area contributed by atoms with Gasteiger partial charge in [0.25, 0.3) is 0 Å². The fraction of sp³-hybridized carbons (Fsp3) is 0.636. The summed E-state index contributed by atoms with van der Waals surface area (Å²) in [6.07, 6.45) is 5.73. The van der Waals surface area contributed by atoms with Gasteiger partial charge in [-0.2, -0.15) is 8.39 Å².